The van der Waals surface area contributed by atoms with Crippen LogP contribution < -0.4 is 5.32 Å². The van der Waals surface area contributed by atoms with Crippen LogP contribution in [-0.2, 0) is 4.79 Å². The number of pyridine rings is 1. The van der Waals surface area contributed by atoms with Crippen molar-refractivity contribution in [1.29, 1.82) is 0 Å². The van der Waals surface area contributed by atoms with E-state index >= 15 is 0 Å². The van der Waals surface area contributed by atoms with Gasteiger partial charge >= 0.3 is 0 Å². The predicted molar refractivity (Wildman–Crippen MR) is 120 cm³/mol. The van der Waals surface area contributed by atoms with Crippen molar-refractivity contribution < 1.29 is 4.79 Å². The topological polar surface area (TPSA) is 46.4 Å². The van der Waals surface area contributed by atoms with Crippen molar-refractivity contribution in [3.8, 4) is 11.3 Å². The molecule has 0 saturated carbocycles. The maximum absolute atomic E-state index is 12.2. The number of nitrogens with zero attached hydrogens (tertiary/aromatic N) is 2. The van der Waals surface area contributed by atoms with Crippen LogP contribution in [0.3, 0.4) is 0 Å². The third-order valence-electron chi connectivity index (χ3n) is 4.13. The van der Waals surface area contributed by atoms with E-state index < -0.39 is 0 Å². The second-order valence-electron chi connectivity index (χ2n) is 6.18. The molecule has 0 atom stereocenters. The number of amides is 1. The van der Waals surface area contributed by atoms with Crippen LogP contribution in [0.1, 0.15) is 5.56 Å². The first-order chi connectivity index (χ1) is 13.6. The van der Waals surface area contributed by atoms with E-state index in [1.165, 1.54) is 6.08 Å². The minimum Gasteiger partial charge on any atom is -0.322 e. The van der Waals surface area contributed by atoms with Gasteiger partial charge in [0, 0.05) is 34.2 Å². The largest absolute Gasteiger partial charge is 0.322 e. The molecule has 4 nitrogen and oxygen atoms in total. The molecule has 0 unspecified atom stereocenters. The van der Waals surface area contributed by atoms with Crippen LogP contribution in [0.15, 0.2) is 88.1 Å². The van der Waals surface area contributed by atoms with Gasteiger partial charge in [0.15, 0.2) is 5.65 Å². The molecule has 0 saturated heterocycles. The van der Waals surface area contributed by atoms with Gasteiger partial charge in [0.2, 0.25) is 5.91 Å². The van der Waals surface area contributed by atoms with Gasteiger partial charge in [-0.15, -0.1) is 0 Å². The van der Waals surface area contributed by atoms with E-state index in [0.29, 0.717) is 0 Å². The minimum absolute atomic E-state index is 0.178. The molecule has 4 rings (SSSR count). The molecule has 0 radical (unpaired) electrons. The molecule has 1 amide bonds. The standard InChI is InChI=1S/C22H15Br2N3O/c23-17-12-19(24)22-26-20(14-27(22)13-17)16-7-4-8-18(11-16)25-21(28)10-9-15-5-2-1-3-6-15/h1-14H,(H,25,28)/b10-9+. The number of nitrogens with one attached hydrogen (secondary N) is 1. The quantitative estimate of drug-likeness (QED) is 0.343. The lowest BCUT2D eigenvalue weighted by Gasteiger charge is -2.04. The molecular weight excluding hydrogens is 482 g/mol. The number of rotatable bonds is 4. The van der Waals surface area contributed by atoms with E-state index in [1.54, 1.807) is 6.08 Å². The Kier molecular flexibility index (Phi) is 5.41. The number of halogens is 2. The average molecular weight is 497 g/mol. The highest BCUT2D eigenvalue weighted by molar-refractivity contribution is 9.11. The molecule has 4 aromatic rings. The van der Waals surface area contributed by atoms with Crippen molar-refractivity contribution in [2.45, 2.75) is 0 Å². The minimum atomic E-state index is -0.178. The lowest BCUT2D eigenvalue weighted by atomic mass is 10.1. The first-order valence-corrected chi connectivity index (χ1v) is 10.2. The van der Waals surface area contributed by atoms with Crippen molar-refractivity contribution in [3.05, 3.63) is 93.6 Å². The van der Waals surface area contributed by atoms with Crippen LogP contribution in [0.5, 0.6) is 0 Å². The number of hydrogen-bond donors (Lipinski definition) is 1. The molecule has 0 aliphatic rings. The summed E-state index contributed by atoms with van der Waals surface area (Å²) in [6.07, 6.45) is 7.23. The second-order valence-corrected chi connectivity index (χ2v) is 7.95. The molecule has 28 heavy (non-hydrogen) atoms. The molecule has 0 aliphatic carbocycles. The number of aromatic nitrogens is 2. The first kappa shape index (κ1) is 18.7. The number of carbonyl (C=O) groups excluding carboxylic acids is 1. The van der Waals surface area contributed by atoms with E-state index in [-0.39, 0.29) is 5.91 Å². The third-order valence-corrected chi connectivity index (χ3v) is 5.14. The van der Waals surface area contributed by atoms with Crippen LogP contribution in [0.25, 0.3) is 23.0 Å². The molecule has 1 N–H and O–H groups in total. The molecule has 0 bridgehead atoms. The molecule has 0 aliphatic heterocycles. The number of hydrogen-bond acceptors (Lipinski definition) is 2. The van der Waals surface area contributed by atoms with Crippen molar-refractivity contribution in [3.63, 3.8) is 0 Å². The normalized spacial score (nSPS) is 11.2. The second kappa shape index (κ2) is 8.12. The van der Waals surface area contributed by atoms with Crippen LogP contribution in [0, 0.1) is 0 Å². The molecule has 138 valence electrons. The summed E-state index contributed by atoms with van der Waals surface area (Å²) in [7, 11) is 0. The summed E-state index contributed by atoms with van der Waals surface area (Å²) in [5.74, 6) is -0.178. The average Bonchev–Trinajstić information content (AvgIpc) is 3.12. The zero-order valence-electron chi connectivity index (χ0n) is 14.6. The SMILES string of the molecule is O=C(/C=C/c1ccccc1)Nc1cccc(-c2cn3cc(Br)cc(Br)c3n2)c1. The molecule has 0 spiro atoms. The summed E-state index contributed by atoms with van der Waals surface area (Å²) in [6.45, 7) is 0. The van der Waals surface area contributed by atoms with Crippen molar-refractivity contribution in [2.75, 3.05) is 5.32 Å². The van der Waals surface area contributed by atoms with E-state index in [1.807, 2.05) is 77.5 Å². The molecule has 6 heteroatoms. The number of anilines is 1. The van der Waals surface area contributed by atoms with E-state index in [0.717, 1.165) is 37.1 Å². The van der Waals surface area contributed by atoms with Crippen molar-refractivity contribution >= 4 is 55.2 Å². The van der Waals surface area contributed by atoms with Gasteiger partial charge in [-0.3, -0.25) is 4.79 Å². The fraction of sp³-hybridized carbons (Fsp3) is 0. The Morgan fingerprint density at radius 2 is 1.82 bits per heavy atom. The Morgan fingerprint density at radius 1 is 1.00 bits per heavy atom. The van der Waals surface area contributed by atoms with E-state index in [2.05, 4.69) is 42.2 Å². The summed E-state index contributed by atoms with van der Waals surface area (Å²) in [6, 6.07) is 19.3. The molecule has 2 heterocycles. The highest BCUT2D eigenvalue weighted by Gasteiger charge is 2.09. The Bertz CT molecular complexity index is 1180. The zero-order chi connectivity index (χ0) is 19.5. The molecular formula is C22H15Br2N3O. The van der Waals surface area contributed by atoms with Gasteiger partial charge < -0.3 is 9.72 Å². The van der Waals surface area contributed by atoms with Gasteiger partial charge in [-0.1, -0.05) is 42.5 Å². The Morgan fingerprint density at radius 3 is 2.64 bits per heavy atom. The fourth-order valence-electron chi connectivity index (χ4n) is 2.84. The third kappa shape index (κ3) is 4.24. The van der Waals surface area contributed by atoms with E-state index in [4.69, 9.17) is 0 Å². The zero-order valence-corrected chi connectivity index (χ0v) is 17.8. The van der Waals surface area contributed by atoms with Crippen LogP contribution >= 0.6 is 31.9 Å². The van der Waals surface area contributed by atoms with Gasteiger partial charge in [-0.2, -0.15) is 0 Å². The van der Waals surface area contributed by atoms with Crippen LogP contribution in [-0.4, -0.2) is 15.3 Å². The van der Waals surface area contributed by atoms with Crippen molar-refractivity contribution in [2.24, 2.45) is 0 Å². The predicted octanol–water partition coefficient (Wildman–Crippen LogP) is 6.18. The monoisotopic (exact) mass is 495 g/mol. The van der Waals surface area contributed by atoms with Gasteiger partial charge in [-0.25, -0.2) is 4.98 Å². The molecule has 2 aromatic heterocycles. The summed E-state index contributed by atoms with van der Waals surface area (Å²) in [4.78, 5) is 16.9. The molecule has 2 aromatic carbocycles. The van der Waals surface area contributed by atoms with Gasteiger partial charge in [0.05, 0.1) is 10.2 Å². The fourth-order valence-corrected chi connectivity index (χ4v) is 4.14. The highest BCUT2D eigenvalue weighted by Crippen LogP contribution is 2.27. The summed E-state index contributed by atoms with van der Waals surface area (Å²) < 4.78 is 3.82. The van der Waals surface area contributed by atoms with Crippen molar-refractivity contribution in [1.82, 2.24) is 9.38 Å². The molecule has 0 fully saturated rings. The lowest BCUT2D eigenvalue weighted by Crippen LogP contribution is -2.07. The summed E-state index contributed by atoms with van der Waals surface area (Å²) >= 11 is 7.03. The van der Waals surface area contributed by atoms with Crippen LogP contribution in [0.4, 0.5) is 5.69 Å². The highest BCUT2D eigenvalue weighted by atomic mass is 79.9. The lowest BCUT2D eigenvalue weighted by molar-refractivity contribution is -0.111. The Hall–Kier alpha value is -2.70. The Labute approximate surface area is 179 Å². The number of carbonyl (C=O) groups is 1. The smallest absolute Gasteiger partial charge is 0.248 e. The summed E-state index contributed by atoms with van der Waals surface area (Å²) in [5, 5.41) is 2.90. The number of fused-ring (bicyclic) bond motifs is 1. The van der Waals surface area contributed by atoms with Crippen LogP contribution in [0.2, 0.25) is 0 Å². The maximum Gasteiger partial charge on any atom is 0.248 e. The van der Waals surface area contributed by atoms with Gasteiger partial charge in [-0.05, 0) is 61.7 Å². The number of imidazole rings is 1. The van der Waals surface area contributed by atoms with E-state index in [9.17, 15) is 4.79 Å². The number of benzene rings is 2. The maximum atomic E-state index is 12.2. The Balaban J connectivity index is 1.55. The van der Waals surface area contributed by atoms with Gasteiger partial charge in [0.1, 0.15) is 0 Å². The summed E-state index contributed by atoms with van der Waals surface area (Å²) in [5.41, 5.74) is 4.29. The van der Waals surface area contributed by atoms with Gasteiger partial charge in [0.25, 0.3) is 0 Å². The first-order valence-electron chi connectivity index (χ1n) is 8.57.